The van der Waals surface area contributed by atoms with Crippen molar-refractivity contribution in [3.05, 3.63) is 23.5 Å². The number of fused-ring (bicyclic) bond motifs is 9. The fourth-order valence-electron chi connectivity index (χ4n) is 7.86. The molecule has 5 unspecified atom stereocenters. The van der Waals surface area contributed by atoms with E-state index in [1.807, 2.05) is 0 Å². The van der Waals surface area contributed by atoms with Crippen molar-refractivity contribution in [3.8, 4) is 0 Å². The molecular formula is C30H52N4. The molecule has 0 amide bonds. The number of allylic oxidation sites excluding steroid dienone is 1. The summed E-state index contributed by atoms with van der Waals surface area (Å²) in [7, 11) is 0. The van der Waals surface area contributed by atoms with Crippen molar-refractivity contribution in [1.29, 1.82) is 0 Å². The van der Waals surface area contributed by atoms with Crippen LogP contribution in [0.4, 0.5) is 0 Å². The van der Waals surface area contributed by atoms with Gasteiger partial charge >= 0.3 is 0 Å². The molecule has 0 aromatic carbocycles. The van der Waals surface area contributed by atoms with E-state index in [0.29, 0.717) is 0 Å². The van der Waals surface area contributed by atoms with Crippen molar-refractivity contribution in [1.82, 2.24) is 19.6 Å². The van der Waals surface area contributed by atoms with Gasteiger partial charge in [0.2, 0.25) is 0 Å². The molecule has 7 saturated heterocycles. The molecule has 10 aliphatic rings. The lowest BCUT2D eigenvalue weighted by Gasteiger charge is -2.43. The van der Waals surface area contributed by atoms with Crippen LogP contribution < -0.4 is 0 Å². The van der Waals surface area contributed by atoms with Crippen molar-refractivity contribution in [2.75, 3.05) is 65.4 Å². The number of hydrogen-bond acceptors (Lipinski definition) is 4. The Morgan fingerprint density at radius 3 is 1.29 bits per heavy atom. The van der Waals surface area contributed by atoms with E-state index in [-0.39, 0.29) is 0 Å². The van der Waals surface area contributed by atoms with E-state index in [2.05, 4.69) is 59.7 Å². The molecule has 0 N–H and O–H groups in total. The summed E-state index contributed by atoms with van der Waals surface area (Å²) < 4.78 is 0. The number of nitrogens with zero attached hydrogens (tertiary/aromatic N) is 4. The first-order valence-electron chi connectivity index (χ1n) is 14.7. The molecule has 0 saturated carbocycles. The maximum Gasteiger partial charge on any atom is 0.0239 e. The minimum absolute atomic E-state index is 0.926. The van der Waals surface area contributed by atoms with E-state index in [9.17, 15) is 0 Å². The summed E-state index contributed by atoms with van der Waals surface area (Å²) in [5.74, 6) is 6.01. The Kier molecular flexibility index (Phi) is 7.95. The monoisotopic (exact) mass is 468 g/mol. The summed E-state index contributed by atoms with van der Waals surface area (Å²) in [4.78, 5) is 10.0. The van der Waals surface area contributed by atoms with Gasteiger partial charge in [-0.1, -0.05) is 25.0 Å². The molecule has 8 bridgehead atoms. The maximum absolute atomic E-state index is 2.60. The van der Waals surface area contributed by atoms with Gasteiger partial charge in [0, 0.05) is 51.7 Å². The molecule has 4 heteroatoms. The Balaban J connectivity index is 0.0000000945. The molecule has 10 aliphatic heterocycles. The van der Waals surface area contributed by atoms with Crippen LogP contribution in [-0.4, -0.2) is 85.0 Å². The molecule has 0 aliphatic carbocycles. The van der Waals surface area contributed by atoms with E-state index < -0.39 is 0 Å². The Bertz CT molecular complexity index is 726. The zero-order chi connectivity index (χ0) is 23.7. The zero-order valence-electron chi connectivity index (χ0n) is 22.7. The Labute approximate surface area is 210 Å². The lowest BCUT2D eigenvalue weighted by molar-refractivity contribution is 0.0603. The summed E-state index contributed by atoms with van der Waals surface area (Å²) in [5.41, 5.74) is 3.20. The summed E-state index contributed by atoms with van der Waals surface area (Å²) in [6, 6.07) is 0. The SMILES string of the molecule is CC1=CN2CCC1C2.CC1=CN2CCC1CC2.CC1CN2CCC1C2.CC1CN2CCC1CC2. The van der Waals surface area contributed by atoms with Gasteiger partial charge in [0.25, 0.3) is 0 Å². The lowest BCUT2D eigenvalue weighted by Crippen LogP contribution is -2.46. The van der Waals surface area contributed by atoms with E-state index >= 15 is 0 Å². The molecule has 0 spiro atoms. The van der Waals surface area contributed by atoms with Crippen molar-refractivity contribution in [3.63, 3.8) is 0 Å². The van der Waals surface area contributed by atoms with Crippen LogP contribution in [0.3, 0.4) is 0 Å². The first-order chi connectivity index (χ1) is 16.4. The minimum Gasteiger partial charge on any atom is -0.377 e. The van der Waals surface area contributed by atoms with Crippen LogP contribution in [0.1, 0.15) is 66.2 Å². The second-order valence-corrected chi connectivity index (χ2v) is 12.9. The average Bonchev–Trinajstić information content (AvgIpc) is 3.64. The second-order valence-electron chi connectivity index (χ2n) is 12.9. The third-order valence-electron chi connectivity index (χ3n) is 10.5. The topological polar surface area (TPSA) is 13.0 Å². The standard InChI is InChI=1S/C8H15N.C8H13N.C7H13N.C7H11N/c2*1-7-6-9-4-2-8(7)3-5-9;2*1-6-4-8-3-2-7(6)5-8/h7-8H,2-6H2,1H3;6,8H,2-5H2,1H3;6-7H,2-5H2,1H3;4,7H,2-3,5H2,1H3. The Morgan fingerprint density at radius 1 is 0.529 bits per heavy atom. The van der Waals surface area contributed by atoms with Crippen molar-refractivity contribution in [2.24, 2.45) is 35.5 Å². The molecule has 4 nitrogen and oxygen atoms in total. The van der Waals surface area contributed by atoms with E-state index in [1.165, 1.54) is 104 Å². The first kappa shape index (κ1) is 24.7. The van der Waals surface area contributed by atoms with Crippen LogP contribution in [0.2, 0.25) is 0 Å². The fourth-order valence-corrected chi connectivity index (χ4v) is 7.86. The van der Waals surface area contributed by atoms with Gasteiger partial charge in [0.05, 0.1) is 0 Å². The summed E-state index contributed by atoms with van der Waals surface area (Å²) in [6.07, 6.45) is 13.3. The maximum atomic E-state index is 2.60. The highest BCUT2D eigenvalue weighted by Gasteiger charge is 2.34. The van der Waals surface area contributed by atoms with Crippen molar-refractivity contribution in [2.45, 2.75) is 66.2 Å². The quantitative estimate of drug-likeness (QED) is 0.487. The molecule has 10 heterocycles. The third kappa shape index (κ3) is 5.86. The molecular weight excluding hydrogens is 416 g/mol. The van der Waals surface area contributed by atoms with Crippen LogP contribution in [0.15, 0.2) is 23.5 Å². The predicted octanol–water partition coefficient (Wildman–Crippen LogP) is 5.15. The Hall–Kier alpha value is -1.00. The van der Waals surface area contributed by atoms with Gasteiger partial charge in [-0.25, -0.2) is 0 Å². The highest BCUT2D eigenvalue weighted by molar-refractivity contribution is 5.14. The molecule has 10 rings (SSSR count). The molecule has 0 aromatic rings. The van der Waals surface area contributed by atoms with Crippen LogP contribution >= 0.6 is 0 Å². The van der Waals surface area contributed by atoms with Gasteiger partial charge in [0.1, 0.15) is 0 Å². The van der Waals surface area contributed by atoms with E-state index in [1.54, 1.807) is 11.1 Å². The van der Waals surface area contributed by atoms with Crippen LogP contribution in [0.25, 0.3) is 0 Å². The van der Waals surface area contributed by atoms with Gasteiger partial charge in [0.15, 0.2) is 0 Å². The molecule has 5 atom stereocenters. The van der Waals surface area contributed by atoms with Gasteiger partial charge in [-0.3, -0.25) is 0 Å². The molecule has 7 fully saturated rings. The van der Waals surface area contributed by atoms with Gasteiger partial charge in [-0.15, -0.1) is 0 Å². The molecule has 34 heavy (non-hydrogen) atoms. The van der Waals surface area contributed by atoms with E-state index in [0.717, 1.165) is 35.5 Å². The average molecular weight is 469 g/mol. The second kappa shape index (κ2) is 10.9. The number of hydrogen-bond donors (Lipinski definition) is 0. The molecule has 192 valence electrons. The third-order valence-corrected chi connectivity index (χ3v) is 10.5. The lowest BCUT2D eigenvalue weighted by atomic mass is 9.80. The number of rotatable bonds is 0. The smallest absolute Gasteiger partial charge is 0.0239 e. The number of piperidine rings is 5. The summed E-state index contributed by atoms with van der Waals surface area (Å²) in [6.45, 7) is 22.8. The fraction of sp³-hybridized carbons (Fsp3) is 0.867. The predicted molar refractivity (Wildman–Crippen MR) is 144 cm³/mol. The van der Waals surface area contributed by atoms with Crippen molar-refractivity contribution < 1.29 is 0 Å². The highest BCUT2D eigenvalue weighted by atomic mass is 15.2. The van der Waals surface area contributed by atoms with Crippen LogP contribution in [-0.2, 0) is 0 Å². The largest absolute Gasteiger partial charge is 0.377 e. The zero-order valence-corrected chi connectivity index (χ0v) is 22.7. The minimum atomic E-state index is 0.926. The van der Waals surface area contributed by atoms with Crippen molar-refractivity contribution >= 4 is 0 Å². The van der Waals surface area contributed by atoms with Gasteiger partial charge in [-0.05, 0) is 114 Å². The first-order valence-corrected chi connectivity index (χ1v) is 14.7. The summed E-state index contributed by atoms with van der Waals surface area (Å²) >= 11 is 0. The van der Waals surface area contributed by atoms with E-state index in [4.69, 9.17) is 0 Å². The highest BCUT2D eigenvalue weighted by Crippen LogP contribution is 2.33. The molecule has 0 radical (unpaired) electrons. The normalized spacial score (nSPS) is 40.6. The summed E-state index contributed by atoms with van der Waals surface area (Å²) in [5, 5.41) is 0. The molecule has 0 aromatic heterocycles. The van der Waals surface area contributed by atoms with Crippen LogP contribution in [0, 0.1) is 35.5 Å². The van der Waals surface area contributed by atoms with Gasteiger partial charge in [-0.2, -0.15) is 0 Å². The Morgan fingerprint density at radius 2 is 1.06 bits per heavy atom. The van der Waals surface area contributed by atoms with Crippen LogP contribution in [0.5, 0.6) is 0 Å². The van der Waals surface area contributed by atoms with Gasteiger partial charge < -0.3 is 19.6 Å².